The molecule has 2 aromatic rings. The molecule has 1 aromatic heterocycles. The minimum atomic E-state index is -4.04. The number of carboxylic acid groups (broad SMARTS) is 1. The third kappa shape index (κ3) is 2.55. The first kappa shape index (κ1) is 15.4. The lowest BCUT2D eigenvalue weighted by Gasteiger charge is -2.21. The maximum atomic E-state index is 12.6. The number of hydrogen-bond acceptors (Lipinski definition) is 5. The van der Waals surface area contributed by atoms with Crippen molar-refractivity contribution >= 4 is 26.9 Å². The Bertz CT molecular complexity index is 1010. The van der Waals surface area contributed by atoms with Crippen LogP contribution in [0.15, 0.2) is 32.7 Å². The Hall–Kier alpha value is -2.46. The molecule has 1 fully saturated rings. The summed E-state index contributed by atoms with van der Waals surface area (Å²) in [7, 11) is -4.04. The lowest BCUT2D eigenvalue weighted by Crippen LogP contribution is -2.40. The molecule has 0 saturated carbocycles. The molecule has 1 aliphatic rings. The molecule has 2 heterocycles. The first-order valence-corrected chi connectivity index (χ1v) is 8.26. The van der Waals surface area contributed by atoms with E-state index in [1.165, 1.54) is 12.1 Å². The van der Waals surface area contributed by atoms with Gasteiger partial charge in [0.05, 0.1) is 15.8 Å². The van der Waals surface area contributed by atoms with Gasteiger partial charge >= 0.3 is 11.7 Å². The van der Waals surface area contributed by atoms with Gasteiger partial charge < -0.3 is 10.1 Å². The molecular weight excluding hydrogens is 326 g/mol. The normalized spacial score (nSPS) is 19.2. The van der Waals surface area contributed by atoms with Crippen LogP contribution in [0.4, 0.5) is 0 Å². The summed E-state index contributed by atoms with van der Waals surface area (Å²) >= 11 is 0. The Balaban J connectivity index is 2.14. The minimum absolute atomic E-state index is 0.0109. The zero-order valence-corrected chi connectivity index (χ0v) is 12.6. The highest BCUT2D eigenvalue weighted by Crippen LogP contribution is 2.27. The summed E-state index contributed by atoms with van der Waals surface area (Å²) in [5.41, 5.74) is -1.20. The van der Waals surface area contributed by atoms with E-state index in [9.17, 15) is 22.8 Å². The number of rotatable bonds is 3. The van der Waals surface area contributed by atoms with Crippen molar-refractivity contribution in [3.05, 3.63) is 39.0 Å². The molecule has 1 aliphatic heterocycles. The average molecular weight is 339 g/mol. The van der Waals surface area contributed by atoms with Crippen molar-refractivity contribution in [1.82, 2.24) is 14.3 Å². The molecule has 0 radical (unpaired) electrons. The fourth-order valence-corrected chi connectivity index (χ4v) is 4.39. The number of fused-ring (bicyclic) bond motifs is 1. The summed E-state index contributed by atoms with van der Waals surface area (Å²) in [4.78, 5) is 38.4. The van der Waals surface area contributed by atoms with Crippen LogP contribution in [0.3, 0.4) is 0 Å². The van der Waals surface area contributed by atoms with Gasteiger partial charge in [0.1, 0.15) is 6.04 Å². The van der Waals surface area contributed by atoms with Gasteiger partial charge in [-0.2, -0.15) is 4.31 Å². The number of aromatic amines is 2. The summed E-state index contributed by atoms with van der Waals surface area (Å²) < 4.78 is 26.2. The predicted octanol–water partition coefficient (Wildman–Crippen LogP) is -0.546. The monoisotopic (exact) mass is 339 g/mol. The molecule has 10 heteroatoms. The van der Waals surface area contributed by atoms with Gasteiger partial charge in [-0.3, -0.25) is 14.6 Å². The number of nitrogens with one attached hydrogen (secondary N) is 2. The van der Waals surface area contributed by atoms with E-state index >= 15 is 0 Å². The van der Waals surface area contributed by atoms with Crippen LogP contribution in [0.25, 0.3) is 10.9 Å². The van der Waals surface area contributed by atoms with Crippen molar-refractivity contribution in [2.75, 3.05) is 6.54 Å². The van der Waals surface area contributed by atoms with Crippen molar-refractivity contribution < 1.29 is 18.3 Å². The Morgan fingerprint density at radius 3 is 2.70 bits per heavy atom. The van der Waals surface area contributed by atoms with Crippen molar-refractivity contribution in [3.8, 4) is 0 Å². The molecule has 9 nitrogen and oxygen atoms in total. The summed E-state index contributed by atoms with van der Waals surface area (Å²) in [6.07, 6.45) is 0.702. The Morgan fingerprint density at radius 2 is 2.00 bits per heavy atom. The lowest BCUT2D eigenvalue weighted by molar-refractivity contribution is -0.140. The minimum Gasteiger partial charge on any atom is -0.480 e. The fraction of sp³-hybridized carbons (Fsp3) is 0.308. The van der Waals surface area contributed by atoms with E-state index in [0.717, 1.165) is 10.4 Å². The molecule has 3 rings (SSSR count). The van der Waals surface area contributed by atoms with Gasteiger partial charge in [-0.1, -0.05) is 0 Å². The fourth-order valence-electron chi connectivity index (χ4n) is 2.71. The highest BCUT2D eigenvalue weighted by atomic mass is 32.2. The lowest BCUT2D eigenvalue weighted by atomic mass is 10.2. The molecule has 0 spiro atoms. The number of aromatic nitrogens is 2. The third-order valence-corrected chi connectivity index (χ3v) is 5.71. The molecule has 0 aliphatic carbocycles. The van der Waals surface area contributed by atoms with Crippen LogP contribution in [0.2, 0.25) is 0 Å². The Labute approximate surface area is 129 Å². The highest BCUT2D eigenvalue weighted by molar-refractivity contribution is 7.89. The van der Waals surface area contributed by atoms with Gasteiger partial charge in [0, 0.05) is 6.54 Å². The predicted molar refractivity (Wildman–Crippen MR) is 79.7 cm³/mol. The zero-order chi connectivity index (χ0) is 16.8. The number of hydrogen-bond donors (Lipinski definition) is 3. The SMILES string of the molecule is O=C(O)[C@H]1CCCN1S(=O)(=O)c1ccc2[nH]c(=O)[nH]c(=O)c2c1. The molecule has 0 unspecified atom stereocenters. The van der Waals surface area contributed by atoms with Crippen LogP contribution in [0.1, 0.15) is 12.8 Å². The van der Waals surface area contributed by atoms with Crippen molar-refractivity contribution in [3.63, 3.8) is 0 Å². The van der Waals surface area contributed by atoms with E-state index in [1.807, 2.05) is 4.98 Å². The number of sulfonamides is 1. The molecular formula is C13H13N3O6S. The summed E-state index contributed by atoms with van der Waals surface area (Å²) in [5.74, 6) is -1.20. The second kappa shape index (κ2) is 5.32. The highest BCUT2D eigenvalue weighted by Gasteiger charge is 2.39. The first-order chi connectivity index (χ1) is 10.8. The summed E-state index contributed by atoms with van der Waals surface area (Å²) in [5, 5.41) is 9.15. The Morgan fingerprint density at radius 1 is 1.26 bits per heavy atom. The van der Waals surface area contributed by atoms with Gasteiger partial charge in [0.15, 0.2) is 0 Å². The van der Waals surface area contributed by atoms with Gasteiger partial charge in [-0.25, -0.2) is 13.2 Å². The second-order valence-electron chi connectivity index (χ2n) is 5.23. The van der Waals surface area contributed by atoms with Crippen LogP contribution in [0, 0.1) is 0 Å². The maximum absolute atomic E-state index is 12.6. The van der Waals surface area contributed by atoms with Crippen LogP contribution in [-0.2, 0) is 14.8 Å². The molecule has 1 aromatic carbocycles. The van der Waals surface area contributed by atoms with E-state index in [2.05, 4.69) is 4.98 Å². The number of carboxylic acids is 1. The number of aliphatic carboxylic acids is 1. The summed E-state index contributed by atoms with van der Waals surface area (Å²) in [6, 6.07) is 2.58. The van der Waals surface area contributed by atoms with Crippen LogP contribution >= 0.6 is 0 Å². The molecule has 122 valence electrons. The number of benzene rings is 1. The number of nitrogens with zero attached hydrogens (tertiary/aromatic N) is 1. The third-order valence-electron chi connectivity index (χ3n) is 3.81. The quantitative estimate of drug-likeness (QED) is 0.685. The van der Waals surface area contributed by atoms with Crippen molar-refractivity contribution in [2.45, 2.75) is 23.8 Å². The van der Waals surface area contributed by atoms with Gasteiger partial charge in [0.25, 0.3) is 5.56 Å². The largest absolute Gasteiger partial charge is 0.480 e. The number of carbonyl (C=O) groups is 1. The van der Waals surface area contributed by atoms with Crippen molar-refractivity contribution in [2.24, 2.45) is 0 Å². The molecule has 1 saturated heterocycles. The van der Waals surface area contributed by atoms with Gasteiger partial charge in [0.2, 0.25) is 10.0 Å². The van der Waals surface area contributed by atoms with E-state index in [4.69, 9.17) is 5.11 Å². The number of H-pyrrole nitrogens is 2. The standard InChI is InChI=1S/C13H13N3O6S/c17-11-8-6-7(3-4-9(8)14-13(20)15-11)23(21,22)16-5-1-2-10(16)12(18)19/h3-4,6,10H,1-2,5H2,(H,18,19)(H2,14,15,17,20)/t10-/m1/s1. The van der Waals surface area contributed by atoms with E-state index < -0.39 is 33.3 Å². The van der Waals surface area contributed by atoms with Gasteiger partial charge in [-0.05, 0) is 31.0 Å². The second-order valence-corrected chi connectivity index (χ2v) is 7.12. The van der Waals surface area contributed by atoms with Crippen LogP contribution < -0.4 is 11.2 Å². The van der Waals surface area contributed by atoms with Crippen LogP contribution in [0.5, 0.6) is 0 Å². The average Bonchev–Trinajstić information content (AvgIpc) is 2.97. The molecule has 0 amide bonds. The van der Waals surface area contributed by atoms with Crippen LogP contribution in [-0.4, -0.2) is 46.4 Å². The van der Waals surface area contributed by atoms with E-state index in [1.54, 1.807) is 0 Å². The smallest absolute Gasteiger partial charge is 0.326 e. The zero-order valence-electron chi connectivity index (χ0n) is 11.8. The molecule has 3 N–H and O–H groups in total. The Kier molecular flexibility index (Phi) is 3.57. The maximum Gasteiger partial charge on any atom is 0.326 e. The first-order valence-electron chi connectivity index (χ1n) is 6.82. The summed E-state index contributed by atoms with van der Waals surface area (Å²) in [6.45, 7) is 0.110. The van der Waals surface area contributed by atoms with E-state index in [0.29, 0.717) is 6.42 Å². The van der Waals surface area contributed by atoms with Gasteiger partial charge in [-0.15, -0.1) is 0 Å². The van der Waals surface area contributed by atoms with E-state index in [-0.39, 0.29) is 28.8 Å². The molecule has 1 atom stereocenters. The van der Waals surface area contributed by atoms with Crippen molar-refractivity contribution in [1.29, 1.82) is 0 Å². The molecule has 0 bridgehead atoms. The molecule has 23 heavy (non-hydrogen) atoms. The topological polar surface area (TPSA) is 140 Å².